The van der Waals surface area contributed by atoms with E-state index < -0.39 is 14.9 Å². The van der Waals surface area contributed by atoms with E-state index in [9.17, 15) is 18.5 Å². The topological polar surface area (TPSA) is 89.3 Å². The number of non-ortho nitro benzene ring substituents is 1. The van der Waals surface area contributed by atoms with Crippen LogP contribution in [0.5, 0.6) is 0 Å². The first kappa shape index (κ1) is 12.9. The van der Waals surface area contributed by atoms with Gasteiger partial charge in [-0.2, -0.15) is 0 Å². The van der Waals surface area contributed by atoms with Gasteiger partial charge in [-0.25, -0.2) is 8.42 Å². The number of sulfonamides is 1. The van der Waals surface area contributed by atoms with Crippen molar-refractivity contribution in [2.24, 2.45) is 0 Å². The van der Waals surface area contributed by atoms with Crippen molar-refractivity contribution < 1.29 is 13.3 Å². The predicted octanol–water partition coefficient (Wildman–Crippen LogP) is 2.12. The lowest BCUT2D eigenvalue weighted by molar-refractivity contribution is -0.384. The van der Waals surface area contributed by atoms with Crippen molar-refractivity contribution in [2.45, 2.75) is 6.92 Å². The number of halogens is 1. The third-order valence-electron chi connectivity index (χ3n) is 1.81. The van der Waals surface area contributed by atoms with Crippen molar-refractivity contribution in [3.05, 3.63) is 32.8 Å². The highest BCUT2D eigenvalue weighted by Gasteiger charge is 2.13. The largest absolute Gasteiger partial charge is 0.282 e. The summed E-state index contributed by atoms with van der Waals surface area (Å²) in [5.74, 6) is -0.0591. The minimum Gasteiger partial charge on any atom is -0.282 e. The lowest BCUT2D eigenvalue weighted by atomic mass is 10.3. The smallest absolute Gasteiger partial charge is 0.270 e. The first-order valence-electron chi connectivity index (χ1n) is 4.30. The predicted molar refractivity (Wildman–Crippen MR) is 63.9 cm³/mol. The fraction of sp³-hybridized carbons (Fsp3) is 0.250. The number of anilines is 1. The number of nitrogens with zero attached hydrogens (tertiary/aromatic N) is 1. The van der Waals surface area contributed by atoms with Crippen molar-refractivity contribution in [3.8, 4) is 0 Å². The van der Waals surface area contributed by atoms with E-state index in [4.69, 9.17) is 0 Å². The van der Waals surface area contributed by atoms with Gasteiger partial charge >= 0.3 is 0 Å². The second-order valence-electron chi connectivity index (χ2n) is 2.93. The molecule has 0 bridgehead atoms. The van der Waals surface area contributed by atoms with Crippen LogP contribution in [0.25, 0.3) is 0 Å². The Morgan fingerprint density at radius 1 is 1.50 bits per heavy atom. The van der Waals surface area contributed by atoms with Gasteiger partial charge in [-0.1, -0.05) is 0 Å². The van der Waals surface area contributed by atoms with Crippen LogP contribution in [0.1, 0.15) is 6.92 Å². The van der Waals surface area contributed by atoms with Crippen molar-refractivity contribution >= 4 is 37.3 Å². The number of hydrogen-bond donors (Lipinski definition) is 1. The second-order valence-corrected chi connectivity index (χ2v) is 5.79. The molecule has 6 nitrogen and oxygen atoms in total. The first-order valence-corrected chi connectivity index (χ1v) is 6.74. The van der Waals surface area contributed by atoms with E-state index in [0.717, 1.165) is 0 Å². The molecule has 1 N–H and O–H groups in total. The van der Waals surface area contributed by atoms with Gasteiger partial charge in [0.2, 0.25) is 10.0 Å². The van der Waals surface area contributed by atoms with Crippen LogP contribution in [0, 0.1) is 10.1 Å². The van der Waals surface area contributed by atoms with E-state index in [1.165, 1.54) is 25.1 Å². The molecule has 0 fully saturated rings. The standard InChI is InChI=1S/C8H9BrN2O4S/c1-2-16(14,15)10-8-4-3-6(11(12)13)5-7(8)9/h3-5,10H,2H2,1H3. The fourth-order valence-corrected chi connectivity index (χ4v) is 2.19. The van der Waals surface area contributed by atoms with Crippen LogP contribution in [-0.2, 0) is 10.0 Å². The van der Waals surface area contributed by atoms with Gasteiger partial charge in [-0.3, -0.25) is 14.8 Å². The van der Waals surface area contributed by atoms with E-state index in [-0.39, 0.29) is 17.1 Å². The Morgan fingerprint density at radius 2 is 2.12 bits per heavy atom. The van der Waals surface area contributed by atoms with E-state index in [1.54, 1.807) is 0 Å². The molecule has 1 aromatic carbocycles. The van der Waals surface area contributed by atoms with Gasteiger partial charge in [-0.15, -0.1) is 0 Å². The molecule has 88 valence electrons. The zero-order valence-electron chi connectivity index (χ0n) is 8.31. The lowest BCUT2D eigenvalue weighted by Gasteiger charge is -2.07. The highest BCUT2D eigenvalue weighted by Crippen LogP contribution is 2.27. The average Bonchev–Trinajstić information content (AvgIpc) is 2.20. The maximum atomic E-state index is 11.3. The molecule has 0 unspecified atom stereocenters. The van der Waals surface area contributed by atoms with Crippen molar-refractivity contribution in [1.29, 1.82) is 0 Å². The summed E-state index contributed by atoms with van der Waals surface area (Å²) in [6.07, 6.45) is 0. The van der Waals surface area contributed by atoms with Crippen LogP contribution in [0.3, 0.4) is 0 Å². The molecular formula is C8H9BrN2O4S. The van der Waals surface area contributed by atoms with Gasteiger partial charge in [-0.05, 0) is 28.9 Å². The molecule has 16 heavy (non-hydrogen) atoms. The highest BCUT2D eigenvalue weighted by molar-refractivity contribution is 9.10. The van der Waals surface area contributed by atoms with E-state index in [1.807, 2.05) is 0 Å². The first-order chi connectivity index (χ1) is 7.35. The van der Waals surface area contributed by atoms with Crippen molar-refractivity contribution in [1.82, 2.24) is 0 Å². The Bertz CT molecular complexity index is 515. The van der Waals surface area contributed by atoms with E-state index in [2.05, 4.69) is 20.7 Å². The number of rotatable bonds is 4. The number of nitro benzene ring substituents is 1. The molecule has 0 radical (unpaired) electrons. The van der Waals surface area contributed by atoms with Crippen molar-refractivity contribution in [3.63, 3.8) is 0 Å². The Kier molecular flexibility index (Phi) is 3.87. The molecule has 0 spiro atoms. The zero-order chi connectivity index (χ0) is 12.3. The summed E-state index contributed by atoms with van der Waals surface area (Å²) in [6.45, 7) is 1.50. The molecule has 1 rings (SSSR count). The average molecular weight is 309 g/mol. The van der Waals surface area contributed by atoms with Gasteiger partial charge in [0, 0.05) is 16.6 Å². The fourth-order valence-electron chi connectivity index (χ4n) is 0.940. The van der Waals surface area contributed by atoms with Gasteiger partial charge < -0.3 is 0 Å². The number of nitrogens with one attached hydrogen (secondary N) is 1. The lowest BCUT2D eigenvalue weighted by Crippen LogP contribution is -2.14. The van der Waals surface area contributed by atoms with Crippen LogP contribution in [0.15, 0.2) is 22.7 Å². The molecule has 0 aliphatic heterocycles. The Hall–Kier alpha value is -1.15. The number of benzene rings is 1. The Balaban J connectivity index is 3.05. The molecule has 0 heterocycles. The van der Waals surface area contributed by atoms with Gasteiger partial charge in [0.25, 0.3) is 5.69 Å². The van der Waals surface area contributed by atoms with Gasteiger partial charge in [0.15, 0.2) is 0 Å². The minimum absolute atomic E-state index is 0.0591. The maximum absolute atomic E-state index is 11.3. The van der Waals surface area contributed by atoms with Gasteiger partial charge in [0.1, 0.15) is 0 Å². The monoisotopic (exact) mass is 308 g/mol. The van der Waals surface area contributed by atoms with Crippen LogP contribution in [-0.4, -0.2) is 19.1 Å². The number of hydrogen-bond acceptors (Lipinski definition) is 4. The molecule has 0 aliphatic rings. The summed E-state index contributed by atoms with van der Waals surface area (Å²) in [5, 5.41) is 10.5. The summed E-state index contributed by atoms with van der Waals surface area (Å²) < 4.78 is 25.2. The summed E-state index contributed by atoms with van der Waals surface area (Å²) in [6, 6.07) is 3.82. The van der Waals surface area contributed by atoms with Crippen LogP contribution in [0.4, 0.5) is 11.4 Å². The summed E-state index contributed by atoms with van der Waals surface area (Å²) in [4.78, 5) is 9.90. The third-order valence-corrected chi connectivity index (χ3v) is 3.76. The summed E-state index contributed by atoms with van der Waals surface area (Å²) >= 11 is 3.07. The van der Waals surface area contributed by atoms with Gasteiger partial charge in [0.05, 0.1) is 16.4 Å². The number of nitro groups is 1. The van der Waals surface area contributed by atoms with E-state index >= 15 is 0 Å². The van der Waals surface area contributed by atoms with Crippen LogP contribution >= 0.6 is 15.9 Å². The molecule has 0 amide bonds. The Morgan fingerprint density at radius 3 is 2.56 bits per heavy atom. The molecule has 0 aromatic heterocycles. The molecule has 1 aromatic rings. The van der Waals surface area contributed by atoms with Crippen LogP contribution < -0.4 is 4.72 Å². The SMILES string of the molecule is CCS(=O)(=O)Nc1ccc([N+](=O)[O-])cc1Br. The quantitative estimate of drug-likeness (QED) is 0.681. The normalized spacial score (nSPS) is 11.1. The summed E-state index contributed by atoms with van der Waals surface area (Å²) in [5.41, 5.74) is 0.179. The second kappa shape index (κ2) is 4.79. The third kappa shape index (κ3) is 3.17. The summed E-state index contributed by atoms with van der Waals surface area (Å²) in [7, 11) is -3.38. The molecular weight excluding hydrogens is 300 g/mol. The minimum atomic E-state index is -3.38. The van der Waals surface area contributed by atoms with Crippen molar-refractivity contribution in [2.75, 3.05) is 10.5 Å². The molecule has 0 atom stereocenters. The van der Waals surface area contributed by atoms with Crippen LogP contribution in [0.2, 0.25) is 0 Å². The maximum Gasteiger partial charge on any atom is 0.270 e. The van der Waals surface area contributed by atoms with E-state index in [0.29, 0.717) is 4.47 Å². The zero-order valence-corrected chi connectivity index (χ0v) is 10.7. The highest BCUT2D eigenvalue weighted by atomic mass is 79.9. The Labute approximate surface area is 101 Å². The molecule has 8 heteroatoms. The molecule has 0 saturated carbocycles. The molecule has 0 saturated heterocycles. The molecule has 0 aliphatic carbocycles.